The smallest absolute Gasteiger partial charge is 0.106 e. The minimum absolute atomic E-state index is 0.0295. The van der Waals surface area contributed by atoms with Crippen molar-refractivity contribution in [3.05, 3.63) is 26.9 Å². The van der Waals surface area contributed by atoms with E-state index in [9.17, 15) is 0 Å². The average molecular weight is 267 g/mol. The summed E-state index contributed by atoms with van der Waals surface area (Å²) in [5.74, 6) is 0. The molecule has 0 amide bonds. The highest BCUT2D eigenvalue weighted by Gasteiger charge is 1.98. The second-order valence-corrected chi connectivity index (χ2v) is 3.42. The highest BCUT2D eigenvalue weighted by atomic mass is 79.9. The van der Waals surface area contributed by atoms with Crippen LogP contribution in [0.25, 0.3) is 0 Å². The maximum absolute atomic E-state index is 8.76. The molecule has 0 unspecified atom stereocenters. The summed E-state index contributed by atoms with van der Waals surface area (Å²) in [6, 6.07) is 1.77. The van der Waals surface area contributed by atoms with Crippen molar-refractivity contribution in [2.24, 2.45) is 0 Å². The van der Waals surface area contributed by atoms with E-state index in [-0.39, 0.29) is 6.61 Å². The number of pyridine rings is 1. The van der Waals surface area contributed by atoms with Gasteiger partial charge in [0.25, 0.3) is 0 Å². The van der Waals surface area contributed by atoms with Crippen LogP contribution in [0.1, 0.15) is 5.56 Å². The number of rotatable bonds is 1. The fourth-order valence-electron chi connectivity index (χ4n) is 0.572. The van der Waals surface area contributed by atoms with Gasteiger partial charge in [-0.1, -0.05) is 0 Å². The highest BCUT2D eigenvalue weighted by molar-refractivity contribution is 9.11. The van der Waals surface area contributed by atoms with E-state index in [4.69, 9.17) is 5.11 Å². The molecule has 54 valence electrons. The van der Waals surface area contributed by atoms with Gasteiger partial charge in [-0.05, 0) is 43.5 Å². The van der Waals surface area contributed by atoms with Crippen molar-refractivity contribution >= 4 is 31.9 Å². The lowest BCUT2D eigenvalue weighted by atomic mass is 10.3. The van der Waals surface area contributed by atoms with E-state index >= 15 is 0 Å². The zero-order chi connectivity index (χ0) is 7.56. The van der Waals surface area contributed by atoms with E-state index in [1.807, 2.05) is 0 Å². The number of halogens is 2. The molecule has 1 aromatic rings. The van der Waals surface area contributed by atoms with Gasteiger partial charge in [-0.25, -0.2) is 4.98 Å². The summed E-state index contributed by atoms with van der Waals surface area (Å²) in [4.78, 5) is 3.95. The lowest BCUT2D eigenvalue weighted by Gasteiger charge is -1.98. The zero-order valence-corrected chi connectivity index (χ0v) is 8.18. The molecular formula is C6H5Br2NO. The van der Waals surface area contributed by atoms with Crippen molar-refractivity contribution in [1.82, 2.24) is 4.98 Å². The summed E-state index contributed by atoms with van der Waals surface area (Å²) in [7, 11) is 0. The first-order chi connectivity index (χ1) is 4.74. The average Bonchev–Trinajstić information content (AvgIpc) is 1.94. The Kier molecular flexibility index (Phi) is 2.82. The Morgan fingerprint density at radius 2 is 2.20 bits per heavy atom. The number of hydrogen-bond donors (Lipinski definition) is 1. The van der Waals surface area contributed by atoms with E-state index in [1.165, 1.54) is 0 Å². The van der Waals surface area contributed by atoms with E-state index in [0.717, 1.165) is 14.6 Å². The third kappa shape index (κ3) is 1.78. The van der Waals surface area contributed by atoms with Gasteiger partial charge in [-0.3, -0.25) is 0 Å². The molecule has 0 atom stereocenters. The molecule has 2 nitrogen and oxygen atoms in total. The number of hydrogen-bond acceptors (Lipinski definition) is 2. The Labute approximate surface area is 75.5 Å². The SMILES string of the molecule is OCc1cc(Br)ncc1Br. The Morgan fingerprint density at radius 3 is 2.70 bits per heavy atom. The predicted octanol–water partition coefficient (Wildman–Crippen LogP) is 2.10. The summed E-state index contributed by atoms with van der Waals surface area (Å²) in [6.07, 6.45) is 1.65. The predicted molar refractivity (Wildman–Crippen MR) is 45.6 cm³/mol. The van der Waals surface area contributed by atoms with Gasteiger partial charge < -0.3 is 5.11 Å². The maximum Gasteiger partial charge on any atom is 0.106 e. The summed E-state index contributed by atoms with van der Waals surface area (Å²) < 4.78 is 1.57. The van der Waals surface area contributed by atoms with Gasteiger partial charge in [0.2, 0.25) is 0 Å². The molecule has 0 saturated heterocycles. The Hall–Kier alpha value is 0.0700. The lowest BCUT2D eigenvalue weighted by molar-refractivity contribution is 0.281. The molecule has 0 radical (unpaired) electrons. The van der Waals surface area contributed by atoms with Crippen LogP contribution in [0.4, 0.5) is 0 Å². The minimum Gasteiger partial charge on any atom is -0.392 e. The topological polar surface area (TPSA) is 33.1 Å². The van der Waals surface area contributed by atoms with E-state index in [2.05, 4.69) is 36.8 Å². The fraction of sp³-hybridized carbons (Fsp3) is 0.167. The van der Waals surface area contributed by atoms with Crippen LogP contribution in [0.5, 0.6) is 0 Å². The number of aromatic nitrogens is 1. The number of nitrogens with zero attached hydrogens (tertiary/aromatic N) is 1. The maximum atomic E-state index is 8.76. The van der Waals surface area contributed by atoms with Crippen molar-refractivity contribution in [1.29, 1.82) is 0 Å². The number of aliphatic hydroxyl groups excluding tert-OH is 1. The first kappa shape index (κ1) is 8.17. The standard InChI is InChI=1S/C6H5Br2NO/c7-5-2-9-6(8)1-4(5)3-10/h1-2,10H,3H2. The first-order valence-corrected chi connectivity index (χ1v) is 4.23. The molecule has 0 aliphatic carbocycles. The van der Waals surface area contributed by atoms with Crippen LogP contribution in [-0.4, -0.2) is 10.1 Å². The summed E-state index contributed by atoms with van der Waals surface area (Å²) >= 11 is 6.44. The molecule has 0 bridgehead atoms. The third-order valence-electron chi connectivity index (χ3n) is 1.07. The molecule has 0 aliphatic rings. The van der Waals surface area contributed by atoms with Crippen molar-refractivity contribution in [3.63, 3.8) is 0 Å². The van der Waals surface area contributed by atoms with Crippen LogP contribution < -0.4 is 0 Å². The van der Waals surface area contributed by atoms with Gasteiger partial charge in [0.15, 0.2) is 0 Å². The summed E-state index contributed by atoms with van der Waals surface area (Å²) in [5.41, 5.74) is 0.835. The van der Waals surface area contributed by atoms with Gasteiger partial charge in [-0.2, -0.15) is 0 Å². The second-order valence-electron chi connectivity index (χ2n) is 1.76. The second kappa shape index (κ2) is 3.46. The molecule has 0 saturated carbocycles. The highest BCUT2D eigenvalue weighted by Crippen LogP contribution is 2.18. The van der Waals surface area contributed by atoms with Crippen LogP contribution in [0.3, 0.4) is 0 Å². The third-order valence-corrected chi connectivity index (χ3v) is 2.22. The largest absolute Gasteiger partial charge is 0.392 e. The Balaban J connectivity index is 3.09. The summed E-state index contributed by atoms with van der Waals surface area (Å²) in [5, 5.41) is 8.76. The molecule has 1 N–H and O–H groups in total. The van der Waals surface area contributed by atoms with Gasteiger partial charge in [-0.15, -0.1) is 0 Å². The lowest BCUT2D eigenvalue weighted by Crippen LogP contribution is -1.86. The molecule has 1 heterocycles. The van der Waals surface area contributed by atoms with Gasteiger partial charge in [0, 0.05) is 10.7 Å². The minimum atomic E-state index is 0.0295. The molecule has 0 fully saturated rings. The van der Waals surface area contributed by atoms with Crippen LogP contribution in [-0.2, 0) is 6.61 Å². The Morgan fingerprint density at radius 1 is 1.50 bits per heavy atom. The quantitative estimate of drug-likeness (QED) is 0.790. The van der Waals surface area contributed by atoms with Gasteiger partial charge in [0.05, 0.1) is 6.61 Å². The zero-order valence-electron chi connectivity index (χ0n) is 5.01. The molecule has 1 aromatic heterocycles. The van der Waals surface area contributed by atoms with Crippen molar-refractivity contribution in [3.8, 4) is 0 Å². The first-order valence-electron chi connectivity index (χ1n) is 2.65. The molecule has 10 heavy (non-hydrogen) atoms. The normalized spacial score (nSPS) is 9.90. The van der Waals surface area contributed by atoms with E-state index < -0.39 is 0 Å². The molecule has 4 heteroatoms. The molecular weight excluding hydrogens is 262 g/mol. The van der Waals surface area contributed by atoms with Crippen molar-refractivity contribution in [2.45, 2.75) is 6.61 Å². The van der Waals surface area contributed by atoms with E-state index in [0.29, 0.717) is 0 Å². The van der Waals surface area contributed by atoms with Crippen LogP contribution in [0.2, 0.25) is 0 Å². The summed E-state index contributed by atoms with van der Waals surface area (Å²) in [6.45, 7) is 0.0295. The van der Waals surface area contributed by atoms with Crippen LogP contribution >= 0.6 is 31.9 Å². The molecule has 0 aliphatic heterocycles. The molecule has 0 spiro atoms. The molecule has 1 rings (SSSR count). The molecule has 0 aromatic carbocycles. The fourth-order valence-corrected chi connectivity index (χ4v) is 1.29. The Bertz CT molecular complexity index is 239. The van der Waals surface area contributed by atoms with Crippen molar-refractivity contribution in [2.75, 3.05) is 0 Å². The van der Waals surface area contributed by atoms with Gasteiger partial charge >= 0.3 is 0 Å². The van der Waals surface area contributed by atoms with Crippen molar-refractivity contribution < 1.29 is 5.11 Å². The van der Waals surface area contributed by atoms with Crippen LogP contribution in [0, 0.1) is 0 Å². The monoisotopic (exact) mass is 265 g/mol. The van der Waals surface area contributed by atoms with E-state index in [1.54, 1.807) is 12.3 Å². The van der Waals surface area contributed by atoms with Gasteiger partial charge in [0.1, 0.15) is 4.60 Å². The van der Waals surface area contributed by atoms with Crippen LogP contribution in [0.15, 0.2) is 21.3 Å². The number of aliphatic hydroxyl groups is 1.